The van der Waals surface area contributed by atoms with Crippen molar-refractivity contribution in [2.45, 2.75) is 24.6 Å². The van der Waals surface area contributed by atoms with Crippen LogP contribution in [0.25, 0.3) is 0 Å². The fourth-order valence-electron chi connectivity index (χ4n) is 1.87. The van der Waals surface area contributed by atoms with Crippen molar-refractivity contribution < 1.29 is 63.4 Å². The van der Waals surface area contributed by atoms with Gasteiger partial charge < -0.3 is 14.4 Å². The maximum Gasteiger partial charge on any atom is 0.491 e. The number of ether oxygens (including phenoxy) is 2. The van der Waals surface area contributed by atoms with Gasteiger partial charge in [0.25, 0.3) is 0 Å². The predicted octanol–water partition coefficient (Wildman–Crippen LogP) is 3.32. The van der Waals surface area contributed by atoms with Crippen LogP contribution in [0.15, 0.2) is 24.3 Å². The van der Waals surface area contributed by atoms with E-state index in [0.717, 1.165) is 12.1 Å². The number of alkyl halides is 9. The molecule has 1 aromatic rings. The van der Waals surface area contributed by atoms with E-state index >= 15 is 0 Å². The second-order valence-electron chi connectivity index (χ2n) is 5.53. The molecule has 1 unspecified atom stereocenters. The summed E-state index contributed by atoms with van der Waals surface area (Å²) in [5, 5.41) is 0. The van der Waals surface area contributed by atoms with Crippen LogP contribution in [0.3, 0.4) is 0 Å². The Morgan fingerprint density at radius 3 is 1.70 bits per heavy atom. The summed E-state index contributed by atoms with van der Waals surface area (Å²) >= 11 is 0. The van der Waals surface area contributed by atoms with E-state index < -0.39 is 60.3 Å². The molecule has 0 bridgehead atoms. The van der Waals surface area contributed by atoms with Crippen LogP contribution >= 0.6 is 0 Å². The minimum absolute atomic E-state index is 0.0636. The molecule has 0 spiro atoms. The number of amides is 1. The fraction of sp³-hybridized carbons (Fsp3) is 0.400. The molecule has 0 aliphatic rings. The molecule has 1 aromatic carbocycles. The summed E-state index contributed by atoms with van der Waals surface area (Å²) in [5.41, 5.74) is -0.429. The molecule has 1 atom stereocenters. The monoisotopic (exact) mass is 455 g/mol. The maximum atomic E-state index is 12.5. The molecule has 0 heterocycles. The van der Waals surface area contributed by atoms with Gasteiger partial charge in [-0.3, -0.25) is 4.79 Å². The van der Waals surface area contributed by atoms with E-state index in [2.05, 4.69) is 9.47 Å². The zero-order valence-corrected chi connectivity index (χ0v) is 14.5. The van der Waals surface area contributed by atoms with Crippen LogP contribution in [0.4, 0.5) is 39.5 Å². The molecule has 1 amide bonds. The maximum absolute atomic E-state index is 12.5. The zero-order valence-electron chi connectivity index (χ0n) is 14.5. The lowest BCUT2D eigenvalue weighted by molar-refractivity contribution is -0.207. The molecule has 30 heavy (non-hydrogen) atoms. The number of benzene rings is 1. The molecule has 0 aliphatic carbocycles. The Kier molecular flexibility index (Phi) is 7.33. The fourth-order valence-corrected chi connectivity index (χ4v) is 1.87. The van der Waals surface area contributed by atoms with Crippen molar-refractivity contribution in [2.24, 2.45) is 0 Å². The minimum Gasteiger partial charge on any atom is -0.449 e. The van der Waals surface area contributed by atoms with Crippen LogP contribution in [-0.2, 0) is 19.1 Å². The van der Waals surface area contributed by atoms with Crippen molar-refractivity contribution >= 4 is 17.8 Å². The van der Waals surface area contributed by atoms with Gasteiger partial charge in [-0.05, 0) is 17.7 Å². The SMILES string of the molecule is CN(CC(OC(=O)C(F)(F)F)c1ccc(OC(=O)C(F)(F)F)cc1)C(=O)C(F)(F)F. The zero-order chi connectivity index (χ0) is 23.5. The van der Waals surface area contributed by atoms with E-state index in [1.165, 1.54) is 0 Å². The Morgan fingerprint density at radius 1 is 0.833 bits per heavy atom. The Hall–Kier alpha value is -3.00. The molecule has 0 saturated carbocycles. The van der Waals surface area contributed by atoms with E-state index in [0.29, 0.717) is 19.2 Å². The van der Waals surface area contributed by atoms with Crippen LogP contribution in [-0.4, -0.2) is 54.9 Å². The molecular weight excluding hydrogens is 445 g/mol. The third-order valence-electron chi connectivity index (χ3n) is 3.20. The van der Waals surface area contributed by atoms with E-state index in [9.17, 15) is 53.9 Å². The van der Waals surface area contributed by atoms with Gasteiger partial charge in [-0.25, -0.2) is 9.59 Å². The lowest BCUT2D eigenvalue weighted by Crippen LogP contribution is -2.41. The highest BCUT2D eigenvalue weighted by molar-refractivity contribution is 5.81. The molecule has 0 aromatic heterocycles. The number of nitrogens with zero attached hydrogens (tertiary/aromatic N) is 1. The van der Waals surface area contributed by atoms with Crippen molar-refractivity contribution in [3.63, 3.8) is 0 Å². The second-order valence-corrected chi connectivity index (χ2v) is 5.53. The first-order valence-electron chi connectivity index (χ1n) is 7.42. The number of halogens is 9. The lowest BCUT2D eigenvalue weighted by atomic mass is 10.1. The van der Waals surface area contributed by atoms with Gasteiger partial charge in [0.05, 0.1) is 6.54 Å². The highest BCUT2D eigenvalue weighted by Gasteiger charge is 2.45. The molecule has 0 saturated heterocycles. The van der Waals surface area contributed by atoms with E-state index in [1.54, 1.807) is 0 Å². The molecule has 15 heteroatoms. The van der Waals surface area contributed by atoms with Crippen LogP contribution in [0.1, 0.15) is 11.7 Å². The standard InChI is InChI=1S/C15H10F9NO5/c1-25(10(26)13(16,17)18)6-9(30-12(28)15(22,23)24)7-2-4-8(5-3-7)29-11(27)14(19,20)21/h2-5,9H,6H2,1H3. The number of likely N-dealkylation sites (N-methyl/N-ethyl adjacent to an activating group) is 1. The van der Waals surface area contributed by atoms with Gasteiger partial charge in [-0.15, -0.1) is 0 Å². The largest absolute Gasteiger partial charge is 0.491 e. The minimum atomic E-state index is -5.52. The normalized spacial score (nSPS) is 13.4. The third kappa shape index (κ3) is 7.11. The lowest BCUT2D eigenvalue weighted by Gasteiger charge is -2.25. The van der Waals surface area contributed by atoms with Gasteiger partial charge in [0.15, 0.2) is 0 Å². The average Bonchev–Trinajstić information content (AvgIpc) is 2.58. The van der Waals surface area contributed by atoms with Gasteiger partial charge in [0.1, 0.15) is 11.9 Å². The molecule has 0 aliphatic heterocycles. The highest BCUT2D eigenvalue weighted by atomic mass is 19.4. The number of hydrogen-bond donors (Lipinski definition) is 0. The number of carbonyl (C=O) groups excluding carboxylic acids is 3. The van der Waals surface area contributed by atoms with Crippen LogP contribution in [0, 0.1) is 0 Å². The summed E-state index contributed by atoms with van der Waals surface area (Å²) < 4.78 is 119. The summed E-state index contributed by atoms with van der Waals surface area (Å²) in [6, 6.07) is 2.80. The second kappa shape index (κ2) is 8.79. The number of rotatable bonds is 5. The topological polar surface area (TPSA) is 72.9 Å². The van der Waals surface area contributed by atoms with Crippen molar-refractivity contribution in [2.75, 3.05) is 13.6 Å². The van der Waals surface area contributed by atoms with Crippen molar-refractivity contribution in [1.29, 1.82) is 0 Å². The summed E-state index contributed by atoms with van der Waals surface area (Å²) in [5.74, 6) is -8.55. The molecular formula is C15H10F9NO5. The van der Waals surface area contributed by atoms with Crippen molar-refractivity contribution in [3.8, 4) is 5.75 Å². The van der Waals surface area contributed by atoms with Gasteiger partial charge in [-0.2, -0.15) is 39.5 Å². The Morgan fingerprint density at radius 2 is 1.30 bits per heavy atom. The number of carbonyl (C=O) groups is 3. The van der Waals surface area contributed by atoms with Crippen molar-refractivity contribution in [1.82, 2.24) is 4.90 Å². The Labute approximate surface area is 161 Å². The Balaban J connectivity index is 3.11. The summed E-state index contributed by atoms with van der Waals surface area (Å²) in [4.78, 5) is 32.9. The van der Waals surface area contributed by atoms with Gasteiger partial charge in [0, 0.05) is 7.05 Å². The average molecular weight is 455 g/mol. The third-order valence-corrected chi connectivity index (χ3v) is 3.20. The van der Waals surface area contributed by atoms with E-state index in [4.69, 9.17) is 0 Å². The molecule has 0 N–H and O–H groups in total. The van der Waals surface area contributed by atoms with Gasteiger partial charge in [-0.1, -0.05) is 12.1 Å². The smallest absolute Gasteiger partial charge is 0.449 e. The summed E-state index contributed by atoms with van der Waals surface area (Å²) in [6.45, 7) is -1.18. The number of hydrogen-bond acceptors (Lipinski definition) is 5. The molecule has 168 valence electrons. The van der Waals surface area contributed by atoms with Crippen molar-refractivity contribution in [3.05, 3.63) is 29.8 Å². The molecule has 0 fully saturated rings. The van der Waals surface area contributed by atoms with Gasteiger partial charge >= 0.3 is 36.4 Å². The highest BCUT2D eigenvalue weighted by Crippen LogP contribution is 2.28. The first kappa shape index (κ1) is 25.0. The molecule has 6 nitrogen and oxygen atoms in total. The first-order valence-corrected chi connectivity index (χ1v) is 7.42. The molecule has 0 radical (unpaired) electrons. The molecule has 1 rings (SSSR count). The first-order chi connectivity index (χ1) is 13.4. The summed E-state index contributed by atoms with van der Waals surface area (Å²) in [7, 11) is 0.573. The van der Waals surface area contributed by atoms with E-state index in [-0.39, 0.29) is 4.90 Å². The van der Waals surface area contributed by atoms with Crippen LogP contribution < -0.4 is 4.74 Å². The van der Waals surface area contributed by atoms with Crippen LogP contribution in [0.5, 0.6) is 5.75 Å². The van der Waals surface area contributed by atoms with Gasteiger partial charge in [0.2, 0.25) is 0 Å². The van der Waals surface area contributed by atoms with Crippen LogP contribution in [0.2, 0.25) is 0 Å². The number of esters is 2. The quantitative estimate of drug-likeness (QED) is 0.387. The summed E-state index contributed by atoms with van der Waals surface area (Å²) in [6.07, 6.45) is -18.3. The predicted molar refractivity (Wildman–Crippen MR) is 76.7 cm³/mol. The Bertz CT molecular complexity index is 784. The van der Waals surface area contributed by atoms with E-state index in [1.807, 2.05) is 0 Å².